The molecule has 0 aliphatic heterocycles. The number of hydrogen-bond acceptors (Lipinski definition) is 4. The van der Waals surface area contributed by atoms with Crippen molar-refractivity contribution in [3.05, 3.63) is 12.4 Å². The summed E-state index contributed by atoms with van der Waals surface area (Å²) in [7, 11) is -3.65. The molecule has 0 saturated heterocycles. The minimum absolute atomic E-state index is 0.0988. The van der Waals surface area contributed by atoms with Gasteiger partial charge in [-0.1, -0.05) is 19.1 Å². The number of nitrogens with one attached hydrogen (secondary N) is 2. The number of nitrogens with zero attached hydrogens (tertiary/aromatic N) is 1. The lowest BCUT2D eigenvalue weighted by Crippen LogP contribution is -2.58. The van der Waals surface area contributed by atoms with E-state index >= 15 is 0 Å². The molecule has 1 aromatic rings. The monoisotopic (exact) mass is 302 g/mol. The number of sulfonamides is 1. The Labute approximate surface area is 118 Å². The lowest BCUT2D eigenvalue weighted by atomic mass is 9.78. The molecule has 1 heterocycles. The number of aromatic nitrogens is 2. The third-order valence-corrected chi connectivity index (χ3v) is 5.61. The lowest BCUT2D eigenvalue weighted by Gasteiger charge is -2.38. The molecule has 19 heavy (non-hydrogen) atoms. The molecule has 2 rings (SSSR count). The Hall–Kier alpha value is -0.990. The molecule has 1 aromatic heterocycles. The minimum atomic E-state index is -3.65. The molecule has 1 aliphatic rings. The molecule has 0 radical (unpaired) electrons. The molecule has 0 spiro atoms. The van der Waals surface area contributed by atoms with Gasteiger partial charge in [-0.2, -0.15) is 9.82 Å². The van der Waals surface area contributed by atoms with Gasteiger partial charge < -0.3 is 5.73 Å². The predicted octanol–water partition coefficient (Wildman–Crippen LogP) is 0.923. The number of nitrogens with two attached hydrogens (primary N) is 1. The molecule has 0 bridgehead atoms. The van der Waals surface area contributed by atoms with Crippen molar-refractivity contribution in [3.63, 3.8) is 0 Å². The third kappa shape index (κ3) is 2.96. The topological polar surface area (TPSA) is 101 Å². The van der Waals surface area contributed by atoms with Crippen molar-refractivity contribution < 1.29 is 8.42 Å². The van der Waals surface area contributed by atoms with E-state index in [-0.39, 0.29) is 9.88 Å². The summed E-state index contributed by atoms with van der Waals surface area (Å²) in [5.74, 6) is 0.570. The first kappa shape index (κ1) is 14.4. The maximum atomic E-state index is 12.3. The van der Waals surface area contributed by atoms with E-state index in [9.17, 15) is 8.42 Å². The number of rotatable bonds is 4. The molecule has 1 saturated carbocycles. The van der Waals surface area contributed by atoms with Gasteiger partial charge in [-0.05, 0) is 31.6 Å². The van der Waals surface area contributed by atoms with Crippen LogP contribution in [-0.2, 0) is 10.0 Å². The zero-order chi connectivity index (χ0) is 14.1. The fourth-order valence-electron chi connectivity index (χ4n) is 2.36. The van der Waals surface area contributed by atoms with Gasteiger partial charge in [-0.3, -0.25) is 5.10 Å². The summed E-state index contributed by atoms with van der Waals surface area (Å²) in [5, 5.41) is 6.14. The Bertz CT molecular complexity index is 545. The van der Waals surface area contributed by atoms with Crippen LogP contribution in [0.5, 0.6) is 0 Å². The normalized spacial score (nSPS) is 28.2. The van der Waals surface area contributed by atoms with Crippen LogP contribution in [0.15, 0.2) is 17.3 Å². The van der Waals surface area contributed by atoms with E-state index in [2.05, 4.69) is 21.8 Å². The standard InChI is InChI=1S/C11H18N4O2S2/c1-8-2-4-11(5-3-8,10(12)18)15-19(16,17)9-6-13-14-7-9/h6-8,15H,2-5H2,1H3,(H2,12,18)(H,13,14). The molecule has 0 aromatic carbocycles. The second-order valence-corrected chi connectivity index (χ2v) is 7.29. The molecular weight excluding hydrogens is 284 g/mol. The van der Waals surface area contributed by atoms with Gasteiger partial charge in [0, 0.05) is 6.20 Å². The van der Waals surface area contributed by atoms with Gasteiger partial charge >= 0.3 is 0 Å². The van der Waals surface area contributed by atoms with Gasteiger partial charge in [0.15, 0.2) is 0 Å². The van der Waals surface area contributed by atoms with Crippen LogP contribution in [0.4, 0.5) is 0 Å². The Morgan fingerprint density at radius 1 is 1.58 bits per heavy atom. The quantitative estimate of drug-likeness (QED) is 0.718. The first-order valence-electron chi connectivity index (χ1n) is 6.18. The average Bonchev–Trinajstić information content (AvgIpc) is 2.86. The van der Waals surface area contributed by atoms with Crippen LogP contribution in [0.2, 0.25) is 0 Å². The molecule has 1 fully saturated rings. The van der Waals surface area contributed by atoms with E-state index < -0.39 is 15.6 Å². The zero-order valence-electron chi connectivity index (χ0n) is 10.7. The molecule has 106 valence electrons. The fraction of sp³-hybridized carbons (Fsp3) is 0.636. The van der Waals surface area contributed by atoms with Gasteiger partial charge in [-0.15, -0.1) is 0 Å². The van der Waals surface area contributed by atoms with Crippen LogP contribution in [0.3, 0.4) is 0 Å². The predicted molar refractivity (Wildman–Crippen MR) is 76.1 cm³/mol. The van der Waals surface area contributed by atoms with Crippen molar-refractivity contribution in [2.24, 2.45) is 11.7 Å². The molecule has 6 nitrogen and oxygen atoms in total. The first-order chi connectivity index (χ1) is 8.86. The average molecular weight is 302 g/mol. The molecule has 0 amide bonds. The maximum absolute atomic E-state index is 12.3. The molecule has 1 aliphatic carbocycles. The molecular formula is C11H18N4O2S2. The van der Waals surface area contributed by atoms with Gasteiger partial charge in [0.25, 0.3) is 0 Å². The second-order valence-electron chi connectivity index (χ2n) is 5.17. The van der Waals surface area contributed by atoms with E-state index in [1.54, 1.807) is 0 Å². The van der Waals surface area contributed by atoms with Crippen LogP contribution in [0, 0.1) is 5.92 Å². The summed E-state index contributed by atoms with van der Waals surface area (Å²) in [4.78, 5) is 0.313. The minimum Gasteiger partial charge on any atom is -0.392 e. The van der Waals surface area contributed by atoms with Crippen molar-refractivity contribution in [2.75, 3.05) is 0 Å². The summed E-state index contributed by atoms with van der Waals surface area (Å²) in [6.07, 6.45) is 5.69. The Balaban J connectivity index is 2.25. The van der Waals surface area contributed by atoms with Crippen LogP contribution >= 0.6 is 12.2 Å². The van der Waals surface area contributed by atoms with E-state index in [1.165, 1.54) is 12.4 Å². The summed E-state index contributed by atoms with van der Waals surface area (Å²) in [5.41, 5.74) is 4.98. The highest BCUT2D eigenvalue weighted by Crippen LogP contribution is 2.33. The van der Waals surface area contributed by atoms with Gasteiger partial charge in [-0.25, -0.2) is 8.42 Å². The van der Waals surface area contributed by atoms with Crippen molar-refractivity contribution >= 4 is 27.2 Å². The van der Waals surface area contributed by atoms with Gasteiger partial charge in [0.2, 0.25) is 10.0 Å². The summed E-state index contributed by atoms with van der Waals surface area (Å²) in [6.45, 7) is 2.15. The van der Waals surface area contributed by atoms with Crippen molar-refractivity contribution in [1.82, 2.24) is 14.9 Å². The van der Waals surface area contributed by atoms with Crippen molar-refractivity contribution in [2.45, 2.75) is 43.0 Å². The van der Waals surface area contributed by atoms with Crippen LogP contribution < -0.4 is 10.5 Å². The Kier molecular flexibility index (Phi) is 3.93. The summed E-state index contributed by atoms with van der Waals surface area (Å²) in [6, 6.07) is 0. The summed E-state index contributed by atoms with van der Waals surface area (Å²) < 4.78 is 27.2. The molecule has 0 atom stereocenters. The zero-order valence-corrected chi connectivity index (χ0v) is 12.4. The van der Waals surface area contributed by atoms with Crippen LogP contribution in [-0.4, -0.2) is 29.1 Å². The smallest absolute Gasteiger partial charge is 0.244 e. The van der Waals surface area contributed by atoms with E-state index in [1.807, 2.05) is 0 Å². The molecule has 8 heteroatoms. The highest BCUT2D eigenvalue weighted by molar-refractivity contribution is 7.89. The highest BCUT2D eigenvalue weighted by atomic mass is 32.2. The third-order valence-electron chi connectivity index (χ3n) is 3.71. The maximum Gasteiger partial charge on any atom is 0.244 e. The SMILES string of the molecule is CC1CCC(NS(=O)(=O)c2cn[nH]c2)(C(N)=S)CC1. The van der Waals surface area contributed by atoms with Crippen molar-refractivity contribution in [3.8, 4) is 0 Å². The molecule has 4 N–H and O–H groups in total. The number of aromatic amines is 1. The second kappa shape index (κ2) is 5.18. The first-order valence-corrected chi connectivity index (χ1v) is 8.07. The summed E-state index contributed by atoms with van der Waals surface area (Å²) >= 11 is 5.09. The van der Waals surface area contributed by atoms with Gasteiger partial charge in [0.1, 0.15) is 4.90 Å². The van der Waals surface area contributed by atoms with E-state index in [0.717, 1.165) is 12.8 Å². The molecule has 0 unspecified atom stereocenters. The van der Waals surface area contributed by atoms with Crippen molar-refractivity contribution in [1.29, 1.82) is 0 Å². The van der Waals surface area contributed by atoms with E-state index in [4.69, 9.17) is 18.0 Å². The van der Waals surface area contributed by atoms with Crippen LogP contribution in [0.1, 0.15) is 32.6 Å². The lowest BCUT2D eigenvalue weighted by molar-refractivity contribution is 0.289. The Morgan fingerprint density at radius 3 is 2.68 bits per heavy atom. The van der Waals surface area contributed by atoms with Crippen LogP contribution in [0.25, 0.3) is 0 Å². The Morgan fingerprint density at radius 2 is 2.21 bits per heavy atom. The fourth-order valence-corrected chi connectivity index (χ4v) is 4.02. The van der Waals surface area contributed by atoms with E-state index in [0.29, 0.717) is 18.8 Å². The number of H-pyrrole nitrogens is 1. The highest BCUT2D eigenvalue weighted by Gasteiger charge is 2.40. The number of thiocarbonyl (C=S) groups is 1. The number of hydrogen-bond donors (Lipinski definition) is 3. The van der Waals surface area contributed by atoms with Gasteiger partial charge in [0.05, 0.1) is 16.7 Å². The largest absolute Gasteiger partial charge is 0.392 e.